The van der Waals surface area contributed by atoms with Gasteiger partial charge in [-0.25, -0.2) is 0 Å². The van der Waals surface area contributed by atoms with Gasteiger partial charge in [-0.05, 0) is 86.6 Å². The third kappa shape index (κ3) is 4.82. The molecule has 0 spiro atoms. The first-order chi connectivity index (χ1) is 18.6. The van der Waals surface area contributed by atoms with E-state index in [1.807, 2.05) is 54.6 Å². The molecule has 0 bridgehead atoms. The van der Waals surface area contributed by atoms with E-state index in [4.69, 9.17) is 4.42 Å². The minimum absolute atomic E-state index is 0.484. The Labute approximate surface area is 222 Å². The molecule has 2 heterocycles. The quantitative estimate of drug-likeness (QED) is 0.232. The van der Waals surface area contributed by atoms with E-state index in [2.05, 4.69) is 94.6 Å². The number of anilines is 3. The van der Waals surface area contributed by atoms with E-state index in [0.29, 0.717) is 11.8 Å². The van der Waals surface area contributed by atoms with Crippen LogP contribution in [-0.4, -0.2) is 15.2 Å². The molecule has 6 rings (SSSR count). The summed E-state index contributed by atoms with van der Waals surface area (Å²) in [5.41, 5.74) is 9.40. The van der Waals surface area contributed by atoms with E-state index in [-0.39, 0.29) is 0 Å². The van der Waals surface area contributed by atoms with Gasteiger partial charge in [0.25, 0.3) is 0 Å². The zero-order valence-corrected chi connectivity index (χ0v) is 21.2. The predicted molar refractivity (Wildman–Crippen MR) is 153 cm³/mol. The molecule has 0 saturated carbocycles. The Morgan fingerprint density at radius 2 is 0.947 bits per heavy atom. The summed E-state index contributed by atoms with van der Waals surface area (Å²) < 4.78 is 6.05. The van der Waals surface area contributed by atoms with Crippen LogP contribution in [-0.2, 0) is 0 Å². The molecule has 0 saturated heterocycles. The van der Waals surface area contributed by atoms with E-state index in [0.717, 1.165) is 39.4 Å². The highest BCUT2D eigenvalue weighted by Gasteiger charge is 2.15. The van der Waals surface area contributed by atoms with E-state index >= 15 is 0 Å². The van der Waals surface area contributed by atoms with Crippen LogP contribution in [0.2, 0.25) is 0 Å². The van der Waals surface area contributed by atoms with E-state index in [1.165, 1.54) is 11.1 Å². The first-order valence-corrected chi connectivity index (χ1v) is 12.5. The number of aromatic nitrogens is 3. The fourth-order valence-corrected chi connectivity index (χ4v) is 4.36. The molecule has 6 aromatic rings. The van der Waals surface area contributed by atoms with Crippen molar-refractivity contribution in [1.82, 2.24) is 15.2 Å². The van der Waals surface area contributed by atoms with Crippen molar-refractivity contribution in [3.63, 3.8) is 0 Å². The van der Waals surface area contributed by atoms with Crippen LogP contribution in [0.15, 0.2) is 126 Å². The maximum absolute atomic E-state index is 6.05. The molecule has 2 aromatic heterocycles. The summed E-state index contributed by atoms with van der Waals surface area (Å²) >= 11 is 0. The van der Waals surface area contributed by atoms with Gasteiger partial charge in [-0.1, -0.05) is 53.6 Å². The number of nitrogens with zero attached hydrogens (tertiary/aromatic N) is 4. The molecule has 0 aliphatic heterocycles. The number of hydrogen-bond acceptors (Lipinski definition) is 5. The summed E-state index contributed by atoms with van der Waals surface area (Å²) in [6.07, 6.45) is 1.79. The van der Waals surface area contributed by atoms with Gasteiger partial charge in [0, 0.05) is 39.9 Å². The topological polar surface area (TPSA) is 55.1 Å². The van der Waals surface area contributed by atoms with Gasteiger partial charge in [0.2, 0.25) is 11.8 Å². The fraction of sp³-hybridized carbons (Fsp3) is 0.0606. The Morgan fingerprint density at radius 1 is 0.500 bits per heavy atom. The molecule has 38 heavy (non-hydrogen) atoms. The lowest BCUT2D eigenvalue weighted by atomic mass is 10.1. The van der Waals surface area contributed by atoms with Gasteiger partial charge >= 0.3 is 0 Å². The predicted octanol–water partition coefficient (Wildman–Crippen LogP) is 8.55. The Bertz CT molecular complexity index is 1590. The first-order valence-electron chi connectivity index (χ1n) is 12.5. The molecular weight excluding hydrogens is 468 g/mol. The van der Waals surface area contributed by atoms with Gasteiger partial charge < -0.3 is 9.32 Å². The second kappa shape index (κ2) is 10.1. The normalized spacial score (nSPS) is 10.9. The minimum Gasteiger partial charge on any atom is -0.416 e. The van der Waals surface area contributed by atoms with Crippen molar-refractivity contribution in [1.29, 1.82) is 0 Å². The monoisotopic (exact) mass is 494 g/mol. The standard InChI is InChI=1S/C33H26N4O/c1-23-6-16-28(17-7-23)37(29-18-8-24(2)9-19-29)30-20-14-27(15-21-30)33-36-35-32(38-33)26-12-10-25(11-13-26)31-5-3-4-22-34-31/h3-22H,1-2H3. The highest BCUT2D eigenvalue weighted by molar-refractivity contribution is 5.77. The Hall–Kier alpha value is -5.03. The maximum Gasteiger partial charge on any atom is 0.248 e. The van der Waals surface area contributed by atoms with E-state index in [1.54, 1.807) is 6.20 Å². The molecule has 5 nitrogen and oxygen atoms in total. The number of aryl methyl sites for hydroxylation is 2. The third-order valence-corrected chi connectivity index (χ3v) is 6.47. The van der Waals surface area contributed by atoms with Gasteiger partial charge in [0.1, 0.15) is 0 Å². The van der Waals surface area contributed by atoms with Crippen LogP contribution >= 0.6 is 0 Å². The average Bonchev–Trinajstić information content (AvgIpc) is 3.47. The van der Waals surface area contributed by atoms with Crippen LogP contribution in [0.4, 0.5) is 17.1 Å². The molecule has 0 fully saturated rings. The maximum atomic E-state index is 6.05. The molecule has 0 unspecified atom stereocenters. The van der Waals surface area contributed by atoms with Crippen LogP contribution in [0.3, 0.4) is 0 Å². The second-order valence-electron chi connectivity index (χ2n) is 9.26. The van der Waals surface area contributed by atoms with Crippen LogP contribution in [0.5, 0.6) is 0 Å². The smallest absolute Gasteiger partial charge is 0.248 e. The van der Waals surface area contributed by atoms with Gasteiger partial charge in [-0.15, -0.1) is 10.2 Å². The SMILES string of the molecule is Cc1ccc(N(c2ccc(C)cc2)c2ccc(-c3nnc(-c4ccc(-c5ccccn5)cc4)o3)cc2)cc1. The van der Waals surface area contributed by atoms with E-state index in [9.17, 15) is 0 Å². The Kier molecular flexibility index (Phi) is 6.24. The lowest BCUT2D eigenvalue weighted by Gasteiger charge is -2.25. The van der Waals surface area contributed by atoms with Crippen molar-refractivity contribution in [2.75, 3.05) is 4.90 Å². The molecule has 184 valence electrons. The van der Waals surface area contributed by atoms with Gasteiger partial charge in [0.15, 0.2) is 0 Å². The lowest BCUT2D eigenvalue weighted by molar-refractivity contribution is 0.584. The van der Waals surface area contributed by atoms with Crippen LogP contribution in [0.25, 0.3) is 34.2 Å². The van der Waals surface area contributed by atoms with Crippen molar-refractivity contribution in [3.05, 3.63) is 133 Å². The van der Waals surface area contributed by atoms with Crippen molar-refractivity contribution in [3.8, 4) is 34.2 Å². The number of rotatable bonds is 6. The van der Waals surface area contributed by atoms with Gasteiger partial charge in [-0.2, -0.15) is 0 Å². The van der Waals surface area contributed by atoms with Gasteiger partial charge in [0.05, 0.1) is 5.69 Å². The highest BCUT2D eigenvalue weighted by Crippen LogP contribution is 2.36. The van der Waals surface area contributed by atoms with Crippen molar-refractivity contribution < 1.29 is 4.42 Å². The van der Waals surface area contributed by atoms with Crippen molar-refractivity contribution in [2.45, 2.75) is 13.8 Å². The molecule has 0 atom stereocenters. The molecule has 5 heteroatoms. The molecule has 0 N–H and O–H groups in total. The molecule has 4 aromatic carbocycles. The Balaban J connectivity index is 1.27. The molecule has 0 aliphatic rings. The third-order valence-electron chi connectivity index (χ3n) is 6.47. The largest absolute Gasteiger partial charge is 0.416 e. The second-order valence-corrected chi connectivity index (χ2v) is 9.26. The molecule has 0 amide bonds. The summed E-state index contributed by atoms with van der Waals surface area (Å²) in [4.78, 5) is 6.65. The summed E-state index contributed by atoms with van der Waals surface area (Å²) in [6.45, 7) is 4.20. The summed E-state index contributed by atoms with van der Waals surface area (Å²) in [5, 5.41) is 8.60. The number of benzene rings is 4. The van der Waals surface area contributed by atoms with Gasteiger partial charge in [-0.3, -0.25) is 4.98 Å². The van der Waals surface area contributed by atoms with Crippen LogP contribution in [0, 0.1) is 13.8 Å². The zero-order chi connectivity index (χ0) is 25.9. The molecule has 0 aliphatic carbocycles. The summed E-state index contributed by atoms with van der Waals surface area (Å²) in [6, 6.07) is 39.2. The Morgan fingerprint density at radius 3 is 1.42 bits per heavy atom. The average molecular weight is 495 g/mol. The number of hydrogen-bond donors (Lipinski definition) is 0. The first kappa shape index (κ1) is 23.4. The van der Waals surface area contributed by atoms with Crippen LogP contribution < -0.4 is 4.90 Å². The summed E-state index contributed by atoms with van der Waals surface area (Å²) in [5.74, 6) is 0.968. The zero-order valence-electron chi connectivity index (χ0n) is 21.2. The fourth-order valence-electron chi connectivity index (χ4n) is 4.36. The number of pyridine rings is 1. The molecular formula is C33H26N4O. The minimum atomic E-state index is 0.484. The lowest BCUT2D eigenvalue weighted by Crippen LogP contribution is -2.09. The van der Waals surface area contributed by atoms with E-state index < -0.39 is 0 Å². The molecule has 0 radical (unpaired) electrons. The summed E-state index contributed by atoms with van der Waals surface area (Å²) in [7, 11) is 0. The van der Waals surface area contributed by atoms with Crippen LogP contribution in [0.1, 0.15) is 11.1 Å². The van der Waals surface area contributed by atoms with Crippen molar-refractivity contribution in [2.24, 2.45) is 0 Å². The van der Waals surface area contributed by atoms with Crippen molar-refractivity contribution >= 4 is 17.1 Å². The highest BCUT2D eigenvalue weighted by atomic mass is 16.4.